The molecule has 2 aromatic rings. The molecule has 1 aliphatic rings. The largest absolute Gasteiger partial charge is 0.474 e. The monoisotopic (exact) mass is 277 g/mol. The summed E-state index contributed by atoms with van der Waals surface area (Å²) in [6, 6.07) is 0. The second kappa shape index (κ2) is 5.24. The third-order valence-corrected chi connectivity index (χ3v) is 3.43. The third kappa shape index (κ3) is 2.53. The second-order valence-corrected chi connectivity index (χ2v) is 5.20. The van der Waals surface area contributed by atoms with Crippen molar-refractivity contribution in [2.24, 2.45) is 0 Å². The average molecular weight is 277 g/mol. The average Bonchev–Trinajstić information content (AvgIpc) is 2.85. The van der Waals surface area contributed by atoms with Crippen molar-refractivity contribution in [1.82, 2.24) is 20.2 Å². The summed E-state index contributed by atoms with van der Waals surface area (Å²) in [4.78, 5) is 8.68. The van der Waals surface area contributed by atoms with E-state index in [1.165, 1.54) is 0 Å². The minimum Gasteiger partial charge on any atom is -0.474 e. The molecule has 0 aliphatic carbocycles. The van der Waals surface area contributed by atoms with Crippen molar-refractivity contribution in [3.8, 4) is 5.88 Å². The van der Waals surface area contributed by atoms with E-state index in [1.54, 1.807) is 13.2 Å². The minimum absolute atomic E-state index is 0.103. The molecule has 0 radical (unpaired) electrons. The van der Waals surface area contributed by atoms with Crippen molar-refractivity contribution < 1.29 is 9.47 Å². The molecule has 0 aromatic carbocycles. The Morgan fingerprint density at radius 3 is 2.75 bits per heavy atom. The summed E-state index contributed by atoms with van der Waals surface area (Å²) >= 11 is 0. The quantitative estimate of drug-likeness (QED) is 0.888. The maximum atomic E-state index is 6.08. The Morgan fingerprint density at radius 2 is 2.05 bits per heavy atom. The zero-order chi connectivity index (χ0) is 14.1. The van der Waals surface area contributed by atoms with Crippen molar-refractivity contribution in [2.75, 3.05) is 12.4 Å². The maximum Gasteiger partial charge on any atom is 0.229 e. The molecule has 3 heterocycles. The normalized spacial score (nSPS) is 26.6. The molecule has 2 unspecified atom stereocenters. The fourth-order valence-electron chi connectivity index (χ4n) is 2.61. The van der Waals surface area contributed by atoms with Crippen molar-refractivity contribution in [3.63, 3.8) is 0 Å². The van der Waals surface area contributed by atoms with Gasteiger partial charge in [0.15, 0.2) is 5.65 Å². The van der Waals surface area contributed by atoms with Gasteiger partial charge in [0.05, 0.1) is 18.4 Å². The summed E-state index contributed by atoms with van der Waals surface area (Å²) in [5.41, 5.74) is 0.674. The molecule has 0 bridgehead atoms. The number of hydrogen-bond acceptors (Lipinski definition) is 6. The number of nitrogens with zero attached hydrogens (tertiary/aromatic N) is 3. The predicted molar refractivity (Wildman–Crippen MR) is 74.9 cm³/mol. The molecule has 1 saturated heterocycles. The van der Waals surface area contributed by atoms with Crippen LogP contribution in [-0.2, 0) is 4.74 Å². The van der Waals surface area contributed by atoms with Crippen LogP contribution in [0.15, 0.2) is 6.20 Å². The van der Waals surface area contributed by atoms with Crippen molar-refractivity contribution in [3.05, 3.63) is 6.20 Å². The molecule has 7 heteroatoms. The van der Waals surface area contributed by atoms with Gasteiger partial charge in [-0.3, -0.25) is 5.10 Å². The van der Waals surface area contributed by atoms with Crippen LogP contribution in [0.25, 0.3) is 11.0 Å². The van der Waals surface area contributed by atoms with Crippen LogP contribution in [0.4, 0.5) is 5.95 Å². The summed E-state index contributed by atoms with van der Waals surface area (Å²) in [5.74, 6) is 1.09. The molecule has 2 atom stereocenters. The fourth-order valence-corrected chi connectivity index (χ4v) is 2.61. The molecular weight excluding hydrogens is 258 g/mol. The van der Waals surface area contributed by atoms with Crippen molar-refractivity contribution in [2.45, 2.75) is 45.0 Å². The lowest BCUT2D eigenvalue weighted by Crippen LogP contribution is -2.35. The molecule has 0 spiro atoms. The van der Waals surface area contributed by atoms with E-state index in [4.69, 9.17) is 9.47 Å². The Hall–Kier alpha value is -1.89. The standard InChI is InChI=1S/C13H19N5O2/c1-7-4-9(5-8(2)19-7)20-12-10-6-15-18-11(10)16-13(14-3)17-12/h6-9H,4-5H2,1-3H3,(H2,14,15,16,17,18). The number of rotatable bonds is 3. The van der Waals surface area contributed by atoms with Gasteiger partial charge in [0.25, 0.3) is 0 Å². The first-order chi connectivity index (χ1) is 9.65. The number of anilines is 1. The van der Waals surface area contributed by atoms with Crippen LogP contribution in [0.2, 0.25) is 0 Å². The molecule has 0 saturated carbocycles. The van der Waals surface area contributed by atoms with Gasteiger partial charge in [0.2, 0.25) is 11.8 Å². The molecular formula is C13H19N5O2. The highest BCUT2D eigenvalue weighted by Gasteiger charge is 2.27. The van der Waals surface area contributed by atoms with E-state index in [2.05, 4.69) is 39.3 Å². The highest BCUT2D eigenvalue weighted by atomic mass is 16.5. The van der Waals surface area contributed by atoms with Gasteiger partial charge in [-0.15, -0.1) is 0 Å². The van der Waals surface area contributed by atoms with Crippen LogP contribution in [0.3, 0.4) is 0 Å². The summed E-state index contributed by atoms with van der Waals surface area (Å²) in [6.45, 7) is 4.14. The highest BCUT2D eigenvalue weighted by molar-refractivity contribution is 5.80. The number of ether oxygens (including phenoxy) is 2. The molecule has 3 rings (SSSR count). The summed E-state index contributed by atoms with van der Waals surface area (Å²) in [7, 11) is 1.78. The number of fused-ring (bicyclic) bond motifs is 1. The van der Waals surface area contributed by atoms with Gasteiger partial charge in [-0.05, 0) is 13.8 Å². The van der Waals surface area contributed by atoms with Gasteiger partial charge >= 0.3 is 0 Å². The molecule has 2 N–H and O–H groups in total. The van der Waals surface area contributed by atoms with Gasteiger partial charge in [0, 0.05) is 19.9 Å². The Labute approximate surface area is 117 Å². The number of aromatic amines is 1. The van der Waals surface area contributed by atoms with Gasteiger partial charge in [0.1, 0.15) is 11.5 Å². The predicted octanol–water partition coefficient (Wildman–Crippen LogP) is 1.73. The van der Waals surface area contributed by atoms with E-state index in [0.717, 1.165) is 18.2 Å². The Kier molecular flexibility index (Phi) is 3.43. The first kappa shape index (κ1) is 13.1. The highest BCUT2D eigenvalue weighted by Crippen LogP contribution is 2.27. The number of hydrogen-bond donors (Lipinski definition) is 2. The summed E-state index contributed by atoms with van der Waals surface area (Å²) < 4.78 is 11.8. The number of nitrogens with one attached hydrogen (secondary N) is 2. The van der Waals surface area contributed by atoms with Gasteiger partial charge in [-0.25, -0.2) is 0 Å². The van der Waals surface area contributed by atoms with E-state index in [9.17, 15) is 0 Å². The lowest BCUT2D eigenvalue weighted by atomic mass is 10.0. The lowest BCUT2D eigenvalue weighted by Gasteiger charge is -2.32. The smallest absolute Gasteiger partial charge is 0.229 e. The summed E-state index contributed by atoms with van der Waals surface area (Å²) in [5, 5.41) is 10.6. The Morgan fingerprint density at radius 1 is 1.30 bits per heavy atom. The zero-order valence-corrected chi connectivity index (χ0v) is 11.9. The molecule has 7 nitrogen and oxygen atoms in total. The zero-order valence-electron chi connectivity index (χ0n) is 11.9. The van der Waals surface area contributed by atoms with Gasteiger partial charge in [-0.2, -0.15) is 15.1 Å². The lowest BCUT2D eigenvalue weighted by molar-refractivity contribution is -0.0726. The fraction of sp³-hybridized carbons (Fsp3) is 0.615. The first-order valence-corrected chi connectivity index (χ1v) is 6.86. The maximum absolute atomic E-state index is 6.08. The van der Waals surface area contributed by atoms with E-state index < -0.39 is 0 Å². The number of H-pyrrole nitrogens is 1. The SMILES string of the molecule is CNc1nc(OC2CC(C)OC(C)C2)c2cn[nH]c2n1. The van der Waals surface area contributed by atoms with Crippen LogP contribution in [0, 0.1) is 0 Å². The number of aromatic nitrogens is 4. The van der Waals surface area contributed by atoms with E-state index in [1.807, 2.05) is 0 Å². The van der Waals surface area contributed by atoms with Crippen LogP contribution in [0.1, 0.15) is 26.7 Å². The Bertz CT molecular complexity index is 589. The Balaban J connectivity index is 1.87. The molecule has 1 aliphatic heterocycles. The van der Waals surface area contributed by atoms with E-state index >= 15 is 0 Å². The molecule has 1 fully saturated rings. The van der Waals surface area contributed by atoms with Crippen LogP contribution in [-0.4, -0.2) is 45.5 Å². The van der Waals surface area contributed by atoms with Gasteiger partial charge in [-0.1, -0.05) is 0 Å². The van der Waals surface area contributed by atoms with Gasteiger partial charge < -0.3 is 14.8 Å². The van der Waals surface area contributed by atoms with E-state index in [0.29, 0.717) is 17.5 Å². The third-order valence-electron chi connectivity index (χ3n) is 3.43. The van der Waals surface area contributed by atoms with Crippen molar-refractivity contribution >= 4 is 17.0 Å². The minimum atomic E-state index is 0.103. The first-order valence-electron chi connectivity index (χ1n) is 6.86. The molecule has 2 aromatic heterocycles. The molecule has 20 heavy (non-hydrogen) atoms. The molecule has 0 amide bonds. The van der Waals surface area contributed by atoms with E-state index in [-0.39, 0.29) is 18.3 Å². The van der Waals surface area contributed by atoms with Crippen molar-refractivity contribution in [1.29, 1.82) is 0 Å². The molecule has 108 valence electrons. The summed E-state index contributed by atoms with van der Waals surface area (Å²) in [6.07, 6.45) is 3.93. The second-order valence-electron chi connectivity index (χ2n) is 5.20. The van der Waals surface area contributed by atoms with Crippen LogP contribution < -0.4 is 10.1 Å². The van der Waals surface area contributed by atoms with Crippen LogP contribution in [0.5, 0.6) is 5.88 Å². The van der Waals surface area contributed by atoms with Crippen LogP contribution >= 0.6 is 0 Å². The topological polar surface area (TPSA) is 85.0 Å².